The quantitative estimate of drug-likeness (QED) is 0.263. The molecule has 0 spiro atoms. The number of fused-ring (bicyclic) bond motifs is 1. The van der Waals surface area contributed by atoms with Crippen molar-refractivity contribution >= 4 is 22.4 Å². The minimum absolute atomic E-state index is 0.339. The third-order valence-corrected chi connectivity index (χ3v) is 5.62. The van der Waals surface area contributed by atoms with Crippen LogP contribution < -0.4 is 5.43 Å². The van der Waals surface area contributed by atoms with Gasteiger partial charge >= 0.3 is 0 Å². The number of nitrogens with one attached hydrogen (secondary N) is 2. The molecule has 0 aliphatic rings. The maximum absolute atomic E-state index is 12.6. The van der Waals surface area contributed by atoms with Crippen molar-refractivity contribution in [2.45, 2.75) is 6.92 Å². The average molecular weight is 431 g/mol. The smallest absolute Gasteiger partial charge is 0.272 e. The van der Waals surface area contributed by atoms with Crippen LogP contribution in [0.25, 0.3) is 33.2 Å². The molecule has 2 N–H and O–H groups in total. The van der Waals surface area contributed by atoms with E-state index in [4.69, 9.17) is 0 Å². The molecule has 0 bridgehead atoms. The van der Waals surface area contributed by atoms with Gasteiger partial charge in [-0.3, -0.25) is 9.89 Å². The van der Waals surface area contributed by atoms with Gasteiger partial charge in [0.05, 0.1) is 11.4 Å². The van der Waals surface area contributed by atoms with Crippen LogP contribution in [-0.4, -0.2) is 21.8 Å². The first kappa shape index (κ1) is 20.4. The highest BCUT2D eigenvalue weighted by molar-refractivity contribution is 6.01. The molecule has 0 radical (unpaired) electrons. The van der Waals surface area contributed by atoms with E-state index in [-0.39, 0.29) is 5.91 Å². The summed E-state index contributed by atoms with van der Waals surface area (Å²) in [6.45, 7) is 1.87. The molecule has 33 heavy (non-hydrogen) atoms. The maximum atomic E-state index is 12.6. The van der Waals surface area contributed by atoms with Crippen LogP contribution in [0.5, 0.6) is 0 Å². The number of aromatic nitrogens is 2. The fourth-order valence-corrected chi connectivity index (χ4v) is 3.82. The van der Waals surface area contributed by atoms with Gasteiger partial charge in [-0.05, 0) is 40.5 Å². The Hall–Kier alpha value is -4.51. The lowest BCUT2D eigenvalue weighted by atomic mass is 10.0. The molecule has 5 aromatic rings. The van der Waals surface area contributed by atoms with Crippen LogP contribution in [0.2, 0.25) is 0 Å². The molecular formula is C28H22N4O. The van der Waals surface area contributed by atoms with Crippen molar-refractivity contribution in [3.05, 3.63) is 114 Å². The number of rotatable bonds is 5. The molecule has 5 nitrogen and oxygen atoms in total. The first-order valence-electron chi connectivity index (χ1n) is 10.7. The van der Waals surface area contributed by atoms with Gasteiger partial charge in [0.25, 0.3) is 5.91 Å². The Balaban J connectivity index is 1.31. The topological polar surface area (TPSA) is 70.1 Å². The van der Waals surface area contributed by atoms with Crippen LogP contribution in [0.3, 0.4) is 0 Å². The number of hydrazone groups is 1. The highest BCUT2D eigenvalue weighted by Crippen LogP contribution is 2.27. The normalized spacial score (nSPS) is 11.5. The summed E-state index contributed by atoms with van der Waals surface area (Å²) in [5.41, 5.74) is 8.62. The lowest BCUT2D eigenvalue weighted by molar-refractivity contribution is 0.0950. The Morgan fingerprint density at radius 2 is 1.52 bits per heavy atom. The van der Waals surface area contributed by atoms with Crippen LogP contribution in [0.15, 0.2) is 108 Å². The predicted molar refractivity (Wildman–Crippen MR) is 133 cm³/mol. The van der Waals surface area contributed by atoms with E-state index in [1.165, 1.54) is 0 Å². The molecule has 1 aromatic heterocycles. The van der Waals surface area contributed by atoms with Gasteiger partial charge in [0.15, 0.2) is 0 Å². The molecule has 0 atom stereocenters. The minimum atomic E-state index is -0.339. The highest BCUT2D eigenvalue weighted by atomic mass is 16.2. The second-order valence-corrected chi connectivity index (χ2v) is 7.78. The number of benzene rings is 4. The molecule has 1 amide bonds. The van der Waals surface area contributed by atoms with Gasteiger partial charge in [-0.2, -0.15) is 10.2 Å². The summed E-state index contributed by atoms with van der Waals surface area (Å²) in [6.07, 6.45) is 0. The minimum Gasteiger partial charge on any atom is -0.272 e. The molecule has 0 fully saturated rings. The van der Waals surface area contributed by atoms with E-state index in [9.17, 15) is 4.79 Å². The van der Waals surface area contributed by atoms with Crippen molar-refractivity contribution < 1.29 is 4.79 Å². The SMILES string of the molecule is CC(=NNC(=O)c1cc(-c2cccc3ccccc23)n[nH]1)c1ccc(-c2ccccc2)cc1. The summed E-state index contributed by atoms with van der Waals surface area (Å²) in [5, 5.41) is 13.7. The largest absolute Gasteiger partial charge is 0.289 e. The van der Waals surface area contributed by atoms with Crippen LogP contribution in [0.4, 0.5) is 0 Å². The number of nitrogens with zero attached hydrogens (tertiary/aromatic N) is 2. The van der Waals surface area contributed by atoms with E-state index < -0.39 is 0 Å². The molecule has 0 saturated carbocycles. The maximum Gasteiger partial charge on any atom is 0.289 e. The van der Waals surface area contributed by atoms with E-state index in [0.717, 1.165) is 38.7 Å². The zero-order chi connectivity index (χ0) is 22.6. The molecular weight excluding hydrogens is 408 g/mol. The summed E-state index contributed by atoms with van der Waals surface area (Å²) in [5.74, 6) is -0.339. The van der Waals surface area contributed by atoms with Gasteiger partial charge in [0.1, 0.15) is 5.69 Å². The molecule has 1 heterocycles. The van der Waals surface area contributed by atoms with Crippen LogP contribution in [-0.2, 0) is 0 Å². The summed E-state index contributed by atoms with van der Waals surface area (Å²) in [4.78, 5) is 12.6. The van der Waals surface area contributed by atoms with Crippen molar-refractivity contribution in [2.75, 3.05) is 0 Å². The van der Waals surface area contributed by atoms with Crippen molar-refractivity contribution in [3.63, 3.8) is 0 Å². The fraction of sp³-hybridized carbons (Fsp3) is 0.0357. The number of hydrogen-bond donors (Lipinski definition) is 2. The van der Waals surface area contributed by atoms with Gasteiger partial charge in [0.2, 0.25) is 0 Å². The monoisotopic (exact) mass is 430 g/mol. The third-order valence-electron chi connectivity index (χ3n) is 5.62. The van der Waals surface area contributed by atoms with Crippen molar-refractivity contribution in [2.24, 2.45) is 5.10 Å². The Bertz CT molecular complexity index is 1450. The highest BCUT2D eigenvalue weighted by Gasteiger charge is 2.12. The lowest BCUT2D eigenvalue weighted by Gasteiger charge is -2.05. The summed E-state index contributed by atoms with van der Waals surface area (Å²) in [7, 11) is 0. The molecule has 0 aliphatic carbocycles. The van der Waals surface area contributed by atoms with Gasteiger partial charge in [-0.1, -0.05) is 97.1 Å². The van der Waals surface area contributed by atoms with Gasteiger partial charge in [-0.15, -0.1) is 0 Å². The van der Waals surface area contributed by atoms with Crippen LogP contribution >= 0.6 is 0 Å². The number of carbonyl (C=O) groups excluding carboxylic acids is 1. The second-order valence-electron chi connectivity index (χ2n) is 7.78. The Labute approximate surface area is 191 Å². The number of carbonyl (C=O) groups is 1. The fourth-order valence-electron chi connectivity index (χ4n) is 3.82. The first-order valence-corrected chi connectivity index (χ1v) is 10.7. The van der Waals surface area contributed by atoms with Gasteiger partial charge in [-0.25, -0.2) is 5.43 Å². The van der Waals surface area contributed by atoms with E-state index >= 15 is 0 Å². The van der Waals surface area contributed by atoms with Crippen LogP contribution in [0, 0.1) is 0 Å². The Morgan fingerprint density at radius 1 is 0.818 bits per heavy atom. The van der Waals surface area contributed by atoms with E-state index in [0.29, 0.717) is 11.4 Å². The average Bonchev–Trinajstić information content (AvgIpc) is 3.38. The van der Waals surface area contributed by atoms with Gasteiger partial charge in [0, 0.05) is 5.56 Å². The summed E-state index contributed by atoms with van der Waals surface area (Å²) in [6, 6.07) is 34.2. The van der Waals surface area contributed by atoms with Gasteiger partial charge < -0.3 is 0 Å². The first-order chi connectivity index (χ1) is 16.2. The zero-order valence-electron chi connectivity index (χ0n) is 18.1. The van der Waals surface area contributed by atoms with E-state index in [2.05, 4.69) is 63.2 Å². The summed E-state index contributed by atoms with van der Waals surface area (Å²) >= 11 is 0. The molecule has 0 aliphatic heterocycles. The molecule has 5 rings (SSSR count). The predicted octanol–water partition coefficient (Wildman–Crippen LogP) is 6.05. The molecule has 4 aromatic carbocycles. The molecule has 160 valence electrons. The summed E-state index contributed by atoms with van der Waals surface area (Å²) < 4.78 is 0. The van der Waals surface area contributed by atoms with Crippen molar-refractivity contribution in [1.82, 2.24) is 15.6 Å². The molecule has 0 unspecified atom stereocenters. The lowest BCUT2D eigenvalue weighted by Crippen LogP contribution is -2.19. The number of amides is 1. The van der Waals surface area contributed by atoms with Crippen molar-refractivity contribution in [1.29, 1.82) is 0 Å². The second kappa shape index (κ2) is 8.93. The molecule has 5 heteroatoms. The molecule has 0 saturated heterocycles. The number of H-pyrrole nitrogens is 1. The van der Waals surface area contributed by atoms with E-state index in [1.54, 1.807) is 6.07 Å². The zero-order valence-corrected chi connectivity index (χ0v) is 18.1. The number of hydrogen-bond acceptors (Lipinski definition) is 3. The third kappa shape index (κ3) is 4.29. The Kier molecular flexibility index (Phi) is 5.52. The number of aromatic amines is 1. The Morgan fingerprint density at radius 3 is 2.33 bits per heavy atom. The van der Waals surface area contributed by atoms with Crippen LogP contribution in [0.1, 0.15) is 23.0 Å². The van der Waals surface area contributed by atoms with E-state index in [1.807, 2.05) is 61.5 Å². The van der Waals surface area contributed by atoms with Crippen molar-refractivity contribution in [3.8, 4) is 22.4 Å². The standard InChI is InChI=1S/C28H22N4O/c1-19(20-14-16-22(17-15-20)21-8-3-2-4-9-21)29-32-28(33)27-18-26(30-31-27)25-13-7-11-23-10-5-6-12-24(23)25/h2-18H,1H3,(H,30,31)(H,32,33).